The molecule has 0 spiro atoms. The summed E-state index contributed by atoms with van der Waals surface area (Å²) < 4.78 is 4.83. The second-order valence-electron chi connectivity index (χ2n) is 2.49. The van der Waals surface area contributed by atoms with Crippen molar-refractivity contribution >= 4 is 12.1 Å². The highest BCUT2D eigenvalue weighted by Gasteiger charge is 2.09. The van der Waals surface area contributed by atoms with Gasteiger partial charge in [-0.1, -0.05) is 0 Å². The largest absolute Gasteiger partial charge is 0.433 e. The first-order valence-corrected chi connectivity index (χ1v) is 3.89. The first-order chi connectivity index (χ1) is 7.25. The van der Waals surface area contributed by atoms with Crippen molar-refractivity contribution in [2.24, 2.45) is 5.10 Å². The molecule has 2 aromatic heterocycles. The Labute approximate surface area is 83.0 Å². The van der Waals surface area contributed by atoms with Gasteiger partial charge >= 0.3 is 5.88 Å². The number of aromatic nitrogens is 3. The maximum Gasteiger partial charge on any atom is 0.433 e. The highest BCUT2D eigenvalue weighted by atomic mass is 16.6. The van der Waals surface area contributed by atoms with Crippen LogP contribution in [0.15, 0.2) is 34.3 Å². The topological polar surface area (TPSA) is 99.3 Å². The van der Waals surface area contributed by atoms with Crippen molar-refractivity contribution in [1.29, 1.82) is 0 Å². The molecule has 0 atom stereocenters. The molecule has 0 bridgehead atoms. The summed E-state index contributed by atoms with van der Waals surface area (Å²) in [4.78, 5) is 14.5. The predicted molar refractivity (Wildman–Crippen MR) is 48.4 cm³/mol. The van der Waals surface area contributed by atoms with Crippen molar-refractivity contribution in [3.63, 3.8) is 0 Å². The van der Waals surface area contributed by atoms with Crippen LogP contribution in [0.3, 0.4) is 0 Å². The van der Waals surface area contributed by atoms with Gasteiger partial charge in [0.15, 0.2) is 5.76 Å². The summed E-state index contributed by atoms with van der Waals surface area (Å²) >= 11 is 0. The predicted octanol–water partition coefficient (Wildman–Crippen LogP) is 0.661. The maximum atomic E-state index is 10.3. The van der Waals surface area contributed by atoms with Gasteiger partial charge in [-0.2, -0.15) is 5.10 Å². The van der Waals surface area contributed by atoms with E-state index in [1.54, 1.807) is 0 Å². The molecule has 0 unspecified atom stereocenters. The van der Waals surface area contributed by atoms with Crippen molar-refractivity contribution in [1.82, 2.24) is 14.9 Å². The molecular formula is C7H5N5O3. The van der Waals surface area contributed by atoms with E-state index in [1.165, 1.54) is 35.8 Å². The van der Waals surface area contributed by atoms with Crippen LogP contribution in [-0.4, -0.2) is 26.0 Å². The van der Waals surface area contributed by atoms with Crippen LogP contribution in [0.1, 0.15) is 5.76 Å². The minimum absolute atomic E-state index is 0.275. The Bertz CT molecular complexity index is 486. The number of nitro groups is 1. The third-order valence-electron chi connectivity index (χ3n) is 1.50. The van der Waals surface area contributed by atoms with Gasteiger partial charge < -0.3 is 4.42 Å². The van der Waals surface area contributed by atoms with Crippen molar-refractivity contribution in [3.8, 4) is 0 Å². The van der Waals surface area contributed by atoms with Crippen molar-refractivity contribution in [2.75, 3.05) is 0 Å². The lowest BCUT2D eigenvalue weighted by Crippen LogP contribution is -1.89. The quantitative estimate of drug-likeness (QED) is 0.418. The van der Waals surface area contributed by atoms with Gasteiger partial charge in [-0.3, -0.25) is 10.1 Å². The first-order valence-electron chi connectivity index (χ1n) is 3.89. The summed E-state index contributed by atoms with van der Waals surface area (Å²) in [5, 5.41) is 17.8. The molecule has 0 saturated carbocycles. The highest BCUT2D eigenvalue weighted by Crippen LogP contribution is 2.13. The fraction of sp³-hybridized carbons (Fsp3) is 0. The summed E-state index contributed by atoms with van der Waals surface area (Å²) in [6, 6.07) is 2.70. The van der Waals surface area contributed by atoms with Gasteiger partial charge in [0.25, 0.3) is 0 Å². The molecule has 0 radical (unpaired) electrons. The SMILES string of the molecule is O=[N+]([O-])c1ccc(/C=N/n2cncn2)o1. The lowest BCUT2D eigenvalue weighted by atomic mass is 10.5. The summed E-state index contributed by atoms with van der Waals surface area (Å²) in [6.07, 6.45) is 4.01. The fourth-order valence-electron chi connectivity index (χ4n) is 0.887. The first kappa shape index (κ1) is 9.06. The lowest BCUT2D eigenvalue weighted by Gasteiger charge is -1.85. The van der Waals surface area contributed by atoms with Gasteiger partial charge in [-0.05, 0) is 6.07 Å². The van der Waals surface area contributed by atoms with Crippen LogP contribution in [0.2, 0.25) is 0 Å². The molecule has 0 saturated heterocycles. The molecule has 0 N–H and O–H groups in total. The van der Waals surface area contributed by atoms with Crippen LogP contribution in [0.25, 0.3) is 0 Å². The van der Waals surface area contributed by atoms with Crippen LogP contribution in [-0.2, 0) is 0 Å². The molecular weight excluding hydrogens is 202 g/mol. The Morgan fingerprint density at radius 3 is 3.07 bits per heavy atom. The number of furan rings is 1. The molecule has 15 heavy (non-hydrogen) atoms. The van der Waals surface area contributed by atoms with Gasteiger partial charge in [-0.15, -0.1) is 9.89 Å². The van der Waals surface area contributed by atoms with E-state index in [4.69, 9.17) is 4.42 Å². The molecule has 0 fully saturated rings. The average molecular weight is 207 g/mol. The van der Waals surface area contributed by atoms with Crippen LogP contribution in [0.4, 0.5) is 5.88 Å². The maximum absolute atomic E-state index is 10.3. The van der Waals surface area contributed by atoms with E-state index in [0.717, 1.165) is 0 Å². The zero-order chi connectivity index (χ0) is 10.7. The smallest absolute Gasteiger partial charge is 0.400 e. The van der Waals surface area contributed by atoms with Gasteiger partial charge in [0, 0.05) is 0 Å². The molecule has 2 rings (SSSR count). The molecule has 0 aliphatic heterocycles. The Morgan fingerprint density at radius 1 is 1.60 bits per heavy atom. The third kappa shape index (κ3) is 2.05. The molecule has 76 valence electrons. The molecule has 2 heterocycles. The fourth-order valence-corrected chi connectivity index (χ4v) is 0.887. The Kier molecular flexibility index (Phi) is 2.23. The van der Waals surface area contributed by atoms with Crippen LogP contribution >= 0.6 is 0 Å². The minimum Gasteiger partial charge on any atom is -0.400 e. The summed E-state index contributed by atoms with van der Waals surface area (Å²) in [5.41, 5.74) is 0. The summed E-state index contributed by atoms with van der Waals surface area (Å²) in [5.74, 6) is -0.0489. The van der Waals surface area contributed by atoms with E-state index in [2.05, 4.69) is 15.2 Å². The third-order valence-corrected chi connectivity index (χ3v) is 1.50. The monoisotopic (exact) mass is 207 g/mol. The zero-order valence-electron chi connectivity index (χ0n) is 7.35. The van der Waals surface area contributed by atoms with E-state index in [9.17, 15) is 10.1 Å². The van der Waals surface area contributed by atoms with Crippen LogP contribution in [0, 0.1) is 10.1 Å². The van der Waals surface area contributed by atoms with Crippen molar-refractivity contribution < 1.29 is 9.34 Å². The van der Waals surface area contributed by atoms with Crippen LogP contribution < -0.4 is 0 Å². The van der Waals surface area contributed by atoms with Crippen molar-refractivity contribution in [3.05, 3.63) is 40.7 Å². The molecule has 0 aromatic carbocycles. The zero-order valence-corrected chi connectivity index (χ0v) is 7.35. The molecule has 8 nitrogen and oxygen atoms in total. The molecule has 8 heteroatoms. The number of hydrogen-bond donors (Lipinski definition) is 0. The number of hydrogen-bond acceptors (Lipinski definition) is 6. The van der Waals surface area contributed by atoms with Crippen LogP contribution in [0.5, 0.6) is 0 Å². The molecule has 0 aliphatic rings. The highest BCUT2D eigenvalue weighted by molar-refractivity contribution is 5.76. The van der Waals surface area contributed by atoms with E-state index in [1.807, 2.05) is 0 Å². The van der Waals surface area contributed by atoms with E-state index in [-0.39, 0.29) is 11.6 Å². The number of rotatable bonds is 3. The van der Waals surface area contributed by atoms with E-state index >= 15 is 0 Å². The van der Waals surface area contributed by atoms with E-state index < -0.39 is 4.92 Å². The average Bonchev–Trinajstić information content (AvgIpc) is 2.86. The summed E-state index contributed by atoms with van der Waals surface area (Å²) in [6.45, 7) is 0. The van der Waals surface area contributed by atoms with Crippen molar-refractivity contribution in [2.45, 2.75) is 0 Å². The second-order valence-corrected chi connectivity index (χ2v) is 2.49. The standard InChI is InChI=1S/C7H5N5O3/c13-12(14)7-2-1-6(15-7)3-9-11-5-8-4-10-11/h1-5H/b9-3+. The Balaban J connectivity index is 2.14. The molecule has 0 aliphatic carbocycles. The lowest BCUT2D eigenvalue weighted by molar-refractivity contribution is -0.402. The molecule has 0 amide bonds. The Hall–Kier alpha value is -2.51. The van der Waals surface area contributed by atoms with Gasteiger partial charge in [0.2, 0.25) is 0 Å². The van der Waals surface area contributed by atoms with Gasteiger partial charge in [0.1, 0.15) is 17.6 Å². The van der Waals surface area contributed by atoms with Gasteiger partial charge in [-0.25, -0.2) is 4.98 Å². The van der Waals surface area contributed by atoms with E-state index in [0.29, 0.717) is 0 Å². The normalized spacial score (nSPS) is 10.9. The molecule has 2 aromatic rings. The second kappa shape index (κ2) is 3.70. The summed E-state index contributed by atoms with van der Waals surface area (Å²) in [7, 11) is 0. The minimum atomic E-state index is -0.618. The number of nitrogens with zero attached hydrogens (tertiary/aromatic N) is 5. The Morgan fingerprint density at radius 2 is 2.47 bits per heavy atom. The van der Waals surface area contributed by atoms with Gasteiger partial charge in [0.05, 0.1) is 12.3 Å².